The molecule has 0 bridgehead atoms. The molecule has 1 N–H and O–H groups in total. The number of nitrogens with zero attached hydrogens (tertiary/aromatic N) is 3. The molecule has 0 aliphatic rings. The van der Waals surface area contributed by atoms with Gasteiger partial charge in [-0.2, -0.15) is 5.26 Å². The first-order valence-electron chi connectivity index (χ1n) is 8.90. The minimum Gasteiger partial charge on any atom is -0.337 e. The normalized spacial score (nSPS) is 11.7. The summed E-state index contributed by atoms with van der Waals surface area (Å²) in [5.41, 5.74) is 7.91. The van der Waals surface area contributed by atoms with Crippen LogP contribution in [0.1, 0.15) is 28.3 Å². The van der Waals surface area contributed by atoms with E-state index in [0.29, 0.717) is 11.4 Å². The number of fused-ring (bicyclic) bond motifs is 1. The predicted molar refractivity (Wildman–Crippen MR) is 110 cm³/mol. The van der Waals surface area contributed by atoms with Crippen molar-refractivity contribution in [3.63, 3.8) is 0 Å². The predicted octanol–water partition coefficient (Wildman–Crippen LogP) is 5.34. The largest absolute Gasteiger partial charge is 0.337 e. The highest BCUT2D eigenvalue weighted by Gasteiger charge is 2.12. The fourth-order valence-electron chi connectivity index (χ4n) is 3.41. The molecule has 2 heterocycles. The van der Waals surface area contributed by atoms with Crippen LogP contribution in [-0.4, -0.2) is 14.5 Å². The first kappa shape index (κ1) is 16.9. The van der Waals surface area contributed by atoms with Crippen LogP contribution in [0.4, 0.5) is 0 Å². The Balaban J connectivity index is 1.79. The maximum atomic E-state index is 9.70. The van der Waals surface area contributed by atoms with Crippen molar-refractivity contribution in [2.75, 3.05) is 0 Å². The van der Waals surface area contributed by atoms with Gasteiger partial charge in [0.05, 0.1) is 16.6 Å². The molecular formula is C23H20N4. The maximum Gasteiger partial charge on any atom is 0.149 e. The Morgan fingerprint density at radius 1 is 1.07 bits per heavy atom. The van der Waals surface area contributed by atoms with Gasteiger partial charge in [0.1, 0.15) is 11.9 Å². The Morgan fingerprint density at radius 3 is 2.52 bits per heavy atom. The second-order valence-electron chi connectivity index (χ2n) is 6.77. The van der Waals surface area contributed by atoms with Crippen LogP contribution < -0.4 is 0 Å². The molecule has 0 saturated heterocycles. The number of para-hydroxylation sites is 2. The summed E-state index contributed by atoms with van der Waals surface area (Å²) >= 11 is 0. The van der Waals surface area contributed by atoms with E-state index < -0.39 is 0 Å². The smallest absolute Gasteiger partial charge is 0.149 e. The van der Waals surface area contributed by atoms with Crippen molar-refractivity contribution in [2.45, 2.75) is 20.8 Å². The van der Waals surface area contributed by atoms with E-state index in [1.165, 1.54) is 5.56 Å². The van der Waals surface area contributed by atoms with E-state index in [1.54, 1.807) is 0 Å². The monoisotopic (exact) mass is 352 g/mol. The number of hydrogen-bond donors (Lipinski definition) is 1. The zero-order valence-electron chi connectivity index (χ0n) is 15.6. The van der Waals surface area contributed by atoms with Gasteiger partial charge in [-0.1, -0.05) is 29.8 Å². The Kier molecular flexibility index (Phi) is 4.13. The van der Waals surface area contributed by atoms with E-state index in [9.17, 15) is 5.26 Å². The second-order valence-corrected chi connectivity index (χ2v) is 6.77. The van der Waals surface area contributed by atoms with Crippen molar-refractivity contribution < 1.29 is 0 Å². The van der Waals surface area contributed by atoms with Crippen LogP contribution in [0.3, 0.4) is 0 Å². The lowest BCUT2D eigenvalue weighted by Gasteiger charge is -2.10. The van der Waals surface area contributed by atoms with E-state index in [1.807, 2.05) is 30.3 Å². The zero-order chi connectivity index (χ0) is 19.0. The Bertz CT molecular complexity index is 1160. The number of aromatic nitrogens is 3. The molecule has 0 fully saturated rings. The number of hydrogen-bond acceptors (Lipinski definition) is 2. The quantitative estimate of drug-likeness (QED) is 0.506. The van der Waals surface area contributed by atoms with Crippen molar-refractivity contribution in [3.05, 3.63) is 82.9 Å². The van der Waals surface area contributed by atoms with E-state index in [4.69, 9.17) is 0 Å². The summed E-state index contributed by atoms with van der Waals surface area (Å²) in [6.45, 7) is 6.24. The molecule has 0 spiro atoms. The average molecular weight is 352 g/mol. The van der Waals surface area contributed by atoms with Crippen LogP contribution >= 0.6 is 0 Å². The molecule has 0 amide bonds. The lowest BCUT2D eigenvalue weighted by Crippen LogP contribution is -1.99. The molecule has 0 radical (unpaired) electrons. The first-order valence-corrected chi connectivity index (χ1v) is 8.90. The average Bonchev–Trinajstić information content (AvgIpc) is 3.21. The lowest BCUT2D eigenvalue weighted by atomic mass is 10.1. The third kappa shape index (κ3) is 3.04. The number of aromatic amines is 1. The maximum absolute atomic E-state index is 9.70. The molecule has 132 valence electrons. The van der Waals surface area contributed by atoms with E-state index in [2.05, 4.69) is 71.7 Å². The number of nitriles is 1. The Morgan fingerprint density at radius 2 is 1.81 bits per heavy atom. The van der Waals surface area contributed by atoms with Crippen LogP contribution in [0.25, 0.3) is 28.4 Å². The summed E-state index contributed by atoms with van der Waals surface area (Å²) in [7, 11) is 0. The van der Waals surface area contributed by atoms with Crippen LogP contribution in [0, 0.1) is 32.1 Å². The highest BCUT2D eigenvalue weighted by molar-refractivity contribution is 5.90. The lowest BCUT2D eigenvalue weighted by molar-refractivity contribution is 0.963. The minimum atomic E-state index is 0.523. The Labute approximate surface area is 158 Å². The molecule has 0 aliphatic heterocycles. The molecule has 4 nitrogen and oxygen atoms in total. The van der Waals surface area contributed by atoms with Crippen LogP contribution in [0.15, 0.2) is 54.6 Å². The highest BCUT2D eigenvalue weighted by atomic mass is 15.0. The molecular weight excluding hydrogens is 332 g/mol. The van der Waals surface area contributed by atoms with Crippen LogP contribution in [0.5, 0.6) is 0 Å². The number of nitrogens with one attached hydrogen (secondary N) is 1. The molecule has 2 aromatic heterocycles. The number of H-pyrrole nitrogens is 1. The fraction of sp³-hybridized carbons (Fsp3) is 0.130. The van der Waals surface area contributed by atoms with Gasteiger partial charge in [-0.15, -0.1) is 0 Å². The zero-order valence-corrected chi connectivity index (χ0v) is 15.6. The van der Waals surface area contributed by atoms with Crippen LogP contribution in [0.2, 0.25) is 0 Å². The van der Waals surface area contributed by atoms with Gasteiger partial charge in [0.15, 0.2) is 0 Å². The minimum absolute atomic E-state index is 0.523. The van der Waals surface area contributed by atoms with Crippen molar-refractivity contribution in [1.29, 1.82) is 5.26 Å². The molecule has 4 aromatic rings. The number of benzene rings is 2. The van der Waals surface area contributed by atoms with Gasteiger partial charge in [0.25, 0.3) is 0 Å². The number of rotatable bonds is 3. The highest BCUT2D eigenvalue weighted by Crippen LogP contribution is 2.25. The third-order valence-electron chi connectivity index (χ3n) is 4.83. The summed E-state index contributed by atoms with van der Waals surface area (Å²) in [6.07, 6.45) is 1.91. The van der Waals surface area contributed by atoms with E-state index in [-0.39, 0.29) is 0 Å². The summed E-state index contributed by atoms with van der Waals surface area (Å²) < 4.78 is 2.21. The third-order valence-corrected chi connectivity index (χ3v) is 4.83. The molecule has 4 heteroatoms. The van der Waals surface area contributed by atoms with Crippen molar-refractivity contribution in [2.24, 2.45) is 0 Å². The van der Waals surface area contributed by atoms with Gasteiger partial charge in [-0.25, -0.2) is 4.98 Å². The van der Waals surface area contributed by atoms with Gasteiger partial charge in [-0.05, 0) is 62.7 Å². The van der Waals surface area contributed by atoms with Gasteiger partial charge in [0.2, 0.25) is 0 Å². The van der Waals surface area contributed by atoms with Gasteiger partial charge in [0, 0.05) is 17.1 Å². The fourth-order valence-corrected chi connectivity index (χ4v) is 3.41. The van der Waals surface area contributed by atoms with Crippen LogP contribution in [-0.2, 0) is 0 Å². The summed E-state index contributed by atoms with van der Waals surface area (Å²) in [6, 6.07) is 20.6. The number of aryl methyl sites for hydroxylation is 2. The van der Waals surface area contributed by atoms with Gasteiger partial charge >= 0.3 is 0 Å². The summed E-state index contributed by atoms with van der Waals surface area (Å²) in [4.78, 5) is 7.79. The van der Waals surface area contributed by atoms with Crippen molar-refractivity contribution in [1.82, 2.24) is 14.5 Å². The van der Waals surface area contributed by atoms with E-state index in [0.717, 1.165) is 33.7 Å². The van der Waals surface area contributed by atoms with Gasteiger partial charge in [-0.3, -0.25) is 0 Å². The molecule has 0 unspecified atom stereocenters. The molecule has 4 rings (SSSR count). The number of allylic oxidation sites excluding steroid dienone is 1. The molecule has 2 aromatic carbocycles. The van der Waals surface area contributed by atoms with Crippen molar-refractivity contribution in [3.8, 4) is 11.8 Å². The molecule has 0 saturated carbocycles. The molecule has 0 atom stereocenters. The van der Waals surface area contributed by atoms with Gasteiger partial charge < -0.3 is 9.55 Å². The second kappa shape index (κ2) is 6.62. The topological polar surface area (TPSA) is 57.4 Å². The van der Waals surface area contributed by atoms with E-state index >= 15 is 0 Å². The first-order chi connectivity index (χ1) is 13.1. The van der Waals surface area contributed by atoms with Crippen molar-refractivity contribution >= 4 is 22.7 Å². The SMILES string of the molecule is Cc1ccc(-n2c(C)cc(/C=C(\C#N)c3nc4ccccc4[nH]3)c2C)cc1. The number of imidazole rings is 1. The summed E-state index contributed by atoms with van der Waals surface area (Å²) in [5, 5.41) is 9.70. The Hall–Kier alpha value is -3.58. The standard InChI is InChI=1S/C23H20N4/c1-15-8-10-20(11-9-15)27-16(2)12-18(17(27)3)13-19(14-24)23-25-21-6-4-5-7-22(21)26-23/h4-13H,1-3H3,(H,25,26)/b19-13+. The molecule has 0 aliphatic carbocycles. The summed E-state index contributed by atoms with van der Waals surface area (Å²) in [5.74, 6) is 0.596. The molecule has 27 heavy (non-hydrogen) atoms.